The molecule has 2 aromatic rings. The number of carbonyl (C=O) groups is 2. The minimum atomic E-state index is -1.09. The minimum absolute atomic E-state index is 0.185. The smallest absolute Gasteiger partial charge is 0.252 e. The highest BCUT2D eigenvalue weighted by molar-refractivity contribution is 5.97. The van der Waals surface area contributed by atoms with Crippen LogP contribution in [0.4, 0.5) is 8.78 Å². The lowest BCUT2D eigenvalue weighted by atomic mass is 10.1. The van der Waals surface area contributed by atoms with Crippen LogP contribution in [0.2, 0.25) is 0 Å². The fourth-order valence-corrected chi connectivity index (χ4v) is 1.79. The Kier molecular flexibility index (Phi) is 4.27. The monoisotopic (exact) mass is 290 g/mol. The van der Waals surface area contributed by atoms with E-state index in [2.05, 4.69) is 5.32 Å². The summed E-state index contributed by atoms with van der Waals surface area (Å²) in [6.45, 7) is 0. The second-order valence-corrected chi connectivity index (χ2v) is 4.37. The molecule has 0 aliphatic carbocycles. The Labute approximate surface area is 119 Å². The van der Waals surface area contributed by atoms with Crippen LogP contribution in [0.1, 0.15) is 22.0 Å². The molecular formula is C15H12F2N2O2. The number of carbonyl (C=O) groups excluding carboxylic acids is 2. The van der Waals surface area contributed by atoms with Gasteiger partial charge < -0.3 is 11.1 Å². The summed E-state index contributed by atoms with van der Waals surface area (Å²) in [7, 11) is 0. The van der Waals surface area contributed by atoms with E-state index in [0.29, 0.717) is 5.56 Å². The van der Waals surface area contributed by atoms with E-state index in [-0.39, 0.29) is 5.56 Å². The van der Waals surface area contributed by atoms with Crippen LogP contribution in [0.3, 0.4) is 0 Å². The predicted molar refractivity (Wildman–Crippen MR) is 72.2 cm³/mol. The molecule has 0 aliphatic heterocycles. The zero-order chi connectivity index (χ0) is 15.4. The van der Waals surface area contributed by atoms with E-state index in [4.69, 9.17) is 5.73 Å². The molecule has 0 saturated heterocycles. The number of rotatable bonds is 4. The molecular weight excluding hydrogens is 278 g/mol. The molecule has 2 rings (SSSR count). The number of hydrogen-bond acceptors (Lipinski definition) is 2. The van der Waals surface area contributed by atoms with Crippen LogP contribution in [0, 0.1) is 11.6 Å². The number of nitrogens with two attached hydrogens (primary N) is 1. The van der Waals surface area contributed by atoms with E-state index in [1.807, 2.05) is 0 Å². The number of amides is 2. The maximum Gasteiger partial charge on any atom is 0.252 e. The molecule has 0 fully saturated rings. The first-order valence-electron chi connectivity index (χ1n) is 6.08. The van der Waals surface area contributed by atoms with Gasteiger partial charge in [0.25, 0.3) is 5.91 Å². The zero-order valence-corrected chi connectivity index (χ0v) is 10.8. The van der Waals surface area contributed by atoms with E-state index in [1.165, 1.54) is 24.3 Å². The highest BCUT2D eigenvalue weighted by Crippen LogP contribution is 2.14. The number of hydrogen-bond donors (Lipinski definition) is 2. The lowest BCUT2D eigenvalue weighted by molar-refractivity contribution is -0.120. The number of primary amides is 1. The van der Waals surface area contributed by atoms with Gasteiger partial charge in [0.15, 0.2) is 0 Å². The van der Waals surface area contributed by atoms with E-state index in [1.54, 1.807) is 0 Å². The van der Waals surface area contributed by atoms with Crippen molar-refractivity contribution in [3.63, 3.8) is 0 Å². The number of nitrogens with one attached hydrogen (secondary N) is 1. The van der Waals surface area contributed by atoms with E-state index in [9.17, 15) is 18.4 Å². The minimum Gasteiger partial charge on any atom is -0.368 e. The van der Waals surface area contributed by atoms with E-state index < -0.39 is 29.5 Å². The van der Waals surface area contributed by atoms with Crippen molar-refractivity contribution < 1.29 is 18.4 Å². The Morgan fingerprint density at radius 1 is 0.905 bits per heavy atom. The average molecular weight is 290 g/mol. The molecule has 4 nitrogen and oxygen atoms in total. The van der Waals surface area contributed by atoms with Crippen LogP contribution in [0.15, 0.2) is 48.5 Å². The lowest BCUT2D eigenvalue weighted by Crippen LogP contribution is -2.37. The number of benzene rings is 2. The molecule has 0 aromatic heterocycles. The van der Waals surface area contributed by atoms with Gasteiger partial charge in [0.2, 0.25) is 5.91 Å². The maximum atomic E-state index is 12.9. The molecule has 0 bridgehead atoms. The van der Waals surface area contributed by atoms with Gasteiger partial charge in [-0.2, -0.15) is 0 Å². The van der Waals surface area contributed by atoms with Gasteiger partial charge in [0.1, 0.15) is 17.7 Å². The zero-order valence-electron chi connectivity index (χ0n) is 10.8. The normalized spacial score (nSPS) is 11.7. The first-order chi connectivity index (χ1) is 9.97. The van der Waals surface area contributed by atoms with Crippen LogP contribution in [-0.4, -0.2) is 11.8 Å². The van der Waals surface area contributed by atoms with Gasteiger partial charge in [-0.3, -0.25) is 9.59 Å². The van der Waals surface area contributed by atoms with Gasteiger partial charge in [0.05, 0.1) is 0 Å². The van der Waals surface area contributed by atoms with Gasteiger partial charge in [-0.25, -0.2) is 8.78 Å². The Bertz CT molecular complexity index is 654. The molecule has 1 atom stereocenters. The van der Waals surface area contributed by atoms with Crippen molar-refractivity contribution in [2.75, 3.05) is 0 Å². The lowest BCUT2D eigenvalue weighted by Gasteiger charge is -2.16. The van der Waals surface area contributed by atoms with Crippen LogP contribution in [0.5, 0.6) is 0 Å². The SMILES string of the molecule is NC(=O)C(NC(=O)c1ccc(F)cc1)c1ccc(F)cc1. The first-order valence-corrected chi connectivity index (χ1v) is 6.08. The summed E-state index contributed by atoms with van der Waals surface area (Å²) >= 11 is 0. The molecule has 2 aromatic carbocycles. The molecule has 6 heteroatoms. The van der Waals surface area contributed by atoms with Gasteiger partial charge in [-0.15, -0.1) is 0 Å². The fraction of sp³-hybridized carbons (Fsp3) is 0.0667. The van der Waals surface area contributed by atoms with Crippen LogP contribution < -0.4 is 11.1 Å². The Balaban J connectivity index is 2.20. The second-order valence-electron chi connectivity index (χ2n) is 4.37. The second kappa shape index (κ2) is 6.13. The summed E-state index contributed by atoms with van der Waals surface area (Å²) in [5.74, 6) is -2.30. The van der Waals surface area contributed by atoms with Gasteiger partial charge in [0, 0.05) is 5.56 Å². The summed E-state index contributed by atoms with van der Waals surface area (Å²) in [5.41, 5.74) is 5.80. The summed E-state index contributed by atoms with van der Waals surface area (Å²) in [6, 6.07) is 8.78. The molecule has 108 valence electrons. The van der Waals surface area contributed by atoms with Crippen LogP contribution in [0.25, 0.3) is 0 Å². The molecule has 3 N–H and O–H groups in total. The van der Waals surface area contributed by atoms with Crippen molar-refractivity contribution >= 4 is 11.8 Å². The van der Waals surface area contributed by atoms with Crippen molar-refractivity contribution in [1.82, 2.24) is 5.32 Å². The van der Waals surface area contributed by atoms with Crippen LogP contribution >= 0.6 is 0 Å². The van der Waals surface area contributed by atoms with Crippen molar-refractivity contribution in [2.24, 2.45) is 5.73 Å². The van der Waals surface area contributed by atoms with Gasteiger partial charge >= 0.3 is 0 Å². The Morgan fingerprint density at radius 2 is 1.38 bits per heavy atom. The van der Waals surface area contributed by atoms with Crippen molar-refractivity contribution in [2.45, 2.75) is 6.04 Å². The van der Waals surface area contributed by atoms with Crippen molar-refractivity contribution in [3.05, 3.63) is 71.3 Å². The highest BCUT2D eigenvalue weighted by Gasteiger charge is 2.21. The standard InChI is InChI=1S/C15H12F2N2O2/c16-11-5-1-9(2-6-11)13(14(18)20)19-15(21)10-3-7-12(17)8-4-10/h1-8,13H,(H2,18,20)(H,19,21). The fourth-order valence-electron chi connectivity index (χ4n) is 1.79. The molecule has 0 heterocycles. The topological polar surface area (TPSA) is 72.2 Å². The highest BCUT2D eigenvalue weighted by atomic mass is 19.1. The van der Waals surface area contributed by atoms with Gasteiger partial charge in [-0.1, -0.05) is 12.1 Å². The summed E-state index contributed by atoms with van der Waals surface area (Å²) in [4.78, 5) is 23.5. The Hall–Kier alpha value is -2.76. The molecule has 0 radical (unpaired) electrons. The predicted octanol–water partition coefficient (Wildman–Crippen LogP) is 1.92. The molecule has 2 amide bonds. The Morgan fingerprint density at radius 3 is 1.86 bits per heavy atom. The third-order valence-electron chi connectivity index (χ3n) is 2.87. The van der Waals surface area contributed by atoms with Gasteiger partial charge in [-0.05, 0) is 42.0 Å². The van der Waals surface area contributed by atoms with E-state index in [0.717, 1.165) is 24.3 Å². The van der Waals surface area contributed by atoms with Crippen LogP contribution in [-0.2, 0) is 4.79 Å². The van der Waals surface area contributed by atoms with Crippen molar-refractivity contribution in [3.8, 4) is 0 Å². The average Bonchev–Trinajstić information content (AvgIpc) is 2.46. The largest absolute Gasteiger partial charge is 0.368 e. The third-order valence-corrected chi connectivity index (χ3v) is 2.87. The third kappa shape index (κ3) is 3.62. The number of halogens is 2. The quantitative estimate of drug-likeness (QED) is 0.903. The molecule has 1 unspecified atom stereocenters. The molecule has 21 heavy (non-hydrogen) atoms. The van der Waals surface area contributed by atoms with E-state index >= 15 is 0 Å². The maximum absolute atomic E-state index is 12.9. The first kappa shape index (κ1) is 14.6. The summed E-state index contributed by atoms with van der Waals surface area (Å²) in [6.07, 6.45) is 0. The molecule has 0 saturated carbocycles. The summed E-state index contributed by atoms with van der Waals surface area (Å²) in [5, 5.41) is 2.43. The molecule has 0 spiro atoms. The molecule has 0 aliphatic rings. The van der Waals surface area contributed by atoms with Crippen molar-refractivity contribution in [1.29, 1.82) is 0 Å². The summed E-state index contributed by atoms with van der Waals surface area (Å²) < 4.78 is 25.7.